The molecule has 1 radical (unpaired) electrons. The van der Waals surface area contributed by atoms with Crippen molar-refractivity contribution in [3.63, 3.8) is 0 Å². The van der Waals surface area contributed by atoms with Crippen LogP contribution < -0.4 is 0 Å². The Bertz CT molecular complexity index is 630. The van der Waals surface area contributed by atoms with Crippen LogP contribution in [0.4, 0.5) is 30.7 Å². The van der Waals surface area contributed by atoms with E-state index in [-0.39, 0.29) is 29.5 Å². The third-order valence-electron chi connectivity index (χ3n) is 3.97. The Labute approximate surface area is 154 Å². The average Bonchev–Trinajstić information content (AvgIpc) is 2.41. The minimum absolute atomic E-state index is 0.100. The van der Waals surface area contributed by atoms with Gasteiger partial charge in [0.15, 0.2) is 3.79 Å². The molecule has 0 fully saturated rings. The molecule has 10 heteroatoms. The van der Waals surface area contributed by atoms with Crippen molar-refractivity contribution >= 4 is 34.8 Å². The first-order valence-electron chi connectivity index (χ1n) is 7.13. The third kappa shape index (κ3) is 4.14. The number of hydrogen-bond donors (Lipinski definition) is 0. The number of hydrogen-bond acceptors (Lipinski definition) is 0. The highest BCUT2D eigenvalue weighted by Gasteiger charge is 2.74. The van der Waals surface area contributed by atoms with Gasteiger partial charge in [0.25, 0.3) is 0 Å². The molecule has 1 aliphatic rings. The van der Waals surface area contributed by atoms with E-state index < -0.39 is 33.8 Å². The largest absolute Gasteiger partial charge is 0.435 e. The smallest absolute Gasteiger partial charge is 0.218 e. The van der Waals surface area contributed by atoms with E-state index in [1.165, 1.54) is 0 Å². The highest BCUT2D eigenvalue weighted by atomic mass is 35.6. The molecule has 141 valence electrons. The first-order valence-corrected chi connectivity index (χ1v) is 8.27. The molecular weight excluding hydrogens is 420 g/mol. The summed E-state index contributed by atoms with van der Waals surface area (Å²) in [5, 5.41) is 0. The van der Waals surface area contributed by atoms with Gasteiger partial charge in [-0.15, -0.1) is 0 Å². The van der Waals surface area contributed by atoms with Crippen molar-refractivity contribution in [3.8, 4) is 0 Å². The number of aryl methyl sites for hydroxylation is 1. The van der Waals surface area contributed by atoms with Gasteiger partial charge in [-0.25, -0.2) is 4.39 Å². The molecule has 0 amide bonds. The van der Waals surface area contributed by atoms with Crippen molar-refractivity contribution in [2.45, 2.75) is 53.9 Å². The van der Waals surface area contributed by atoms with Crippen molar-refractivity contribution in [2.75, 3.05) is 0 Å². The second kappa shape index (κ2) is 6.64. The Morgan fingerprint density at radius 3 is 1.88 bits per heavy atom. The summed E-state index contributed by atoms with van der Waals surface area (Å²) >= 11 is 16.7. The minimum atomic E-state index is -6.19. The lowest BCUT2D eigenvalue weighted by Gasteiger charge is -2.34. The molecule has 0 spiro atoms. The molecule has 1 aliphatic carbocycles. The van der Waals surface area contributed by atoms with E-state index >= 15 is 0 Å². The molecule has 1 aromatic carbocycles. The van der Waals surface area contributed by atoms with Crippen LogP contribution in [0.3, 0.4) is 0 Å². The molecule has 0 atom stereocenters. The Morgan fingerprint density at radius 2 is 1.40 bits per heavy atom. The summed E-state index contributed by atoms with van der Waals surface area (Å²) < 4.78 is 91.5. The van der Waals surface area contributed by atoms with Crippen LogP contribution >= 0.6 is 34.8 Å². The third-order valence-corrected chi connectivity index (χ3v) is 4.37. The summed E-state index contributed by atoms with van der Waals surface area (Å²) in [6.45, 7) is 0. The maximum atomic E-state index is 14.6. The van der Waals surface area contributed by atoms with Gasteiger partial charge in [0.05, 0.1) is 0 Å². The highest BCUT2D eigenvalue weighted by Crippen LogP contribution is 2.55. The molecule has 0 aliphatic heterocycles. The molecule has 25 heavy (non-hydrogen) atoms. The second-order valence-corrected chi connectivity index (χ2v) is 8.33. The molecule has 0 bridgehead atoms. The molecule has 1 aromatic rings. The van der Waals surface area contributed by atoms with Gasteiger partial charge in [-0.1, -0.05) is 40.9 Å². The van der Waals surface area contributed by atoms with Crippen LogP contribution in [0.25, 0.3) is 0 Å². The first-order chi connectivity index (χ1) is 11.2. The van der Waals surface area contributed by atoms with Gasteiger partial charge < -0.3 is 0 Å². The number of alkyl halides is 10. The predicted octanol–water partition coefficient (Wildman–Crippen LogP) is 6.57. The summed E-state index contributed by atoms with van der Waals surface area (Å²) in [5.41, 5.74) is -7.42. The maximum absolute atomic E-state index is 14.6. The van der Waals surface area contributed by atoms with Crippen LogP contribution in [-0.4, -0.2) is 16.1 Å². The fourth-order valence-electron chi connectivity index (χ4n) is 2.92. The van der Waals surface area contributed by atoms with Crippen LogP contribution in [0.1, 0.15) is 35.1 Å². The number of rotatable bonds is 2. The lowest BCUT2D eigenvalue weighted by Crippen LogP contribution is -2.51. The predicted molar refractivity (Wildman–Crippen MR) is 80.8 cm³/mol. The summed E-state index contributed by atoms with van der Waals surface area (Å²) in [7, 11) is 0. The van der Waals surface area contributed by atoms with Crippen LogP contribution in [0.2, 0.25) is 0 Å². The van der Waals surface area contributed by atoms with Crippen molar-refractivity contribution in [1.29, 1.82) is 0 Å². The van der Waals surface area contributed by atoms with E-state index in [1.807, 2.05) is 0 Å². The van der Waals surface area contributed by atoms with Crippen LogP contribution in [0, 0.1) is 6.07 Å². The fourth-order valence-corrected chi connectivity index (χ4v) is 3.35. The Hall–Kier alpha value is -0.400. The van der Waals surface area contributed by atoms with Gasteiger partial charge in [0.1, 0.15) is 0 Å². The summed E-state index contributed by atoms with van der Waals surface area (Å²) in [5.74, 6) is 0. The number of benzene rings is 1. The zero-order chi connectivity index (χ0) is 19.3. The van der Waals surface area contributed by atoms with Gasteiger partial charge in [-0.2, -0.15) is 26.3 Å². The maximum Gasteiger partial charge on any atom is 0.435 e. The van der Waals surface area contributed by atoms with E-state index in [9.17, 15) is 30.7 Å². The number of halogens is 10. The van der Waals surface area contributed by atoms with E-state index in [4.69, 9.17) is 34.8 Å². The SMILES string of the molecule is FC(F)(F)C(F)(c1cc(CC(Cl)(Cl)Cl)[c]c2c1CCCC2)C(F)(F)F. The second-order valence-electron chi connectivity index (χ2n) is 5.82. The molecule has 0 heterocycles. The Morgan fingerprint density at radius 1 is 0.880 bits per heavy atom. The molecule has 0 nitrogen and oxygen atoms in total. The zero-order valence-corrected chi connectivity index (χ0v) is 14.7. The molecular formula is C15H11Cl3F7. The first kappa shape index (κ1) is 20.9. The molecule has 2 rings (SSSR count). The average molecular weight is 431 g/mol. The monoisotopic (exact) mass is 429 g/mol. The van der Waals surface area contributed by atoms with Gasteiger partial charge in [-0.05, 0) is 48.4 Å². The topological polar surface area (TPSA) is 0 Å². The quantitative estimate of drug-likeness (QED) is 0.368. The molecule has 0 aromatic heterocycles. The Balaban J connectivity index is 2.75. The minimum Gasteiger partial charge on any atom is -0.218 e. The van der Waals surface area contributed by atoms with Crippen molar-refractivity contribution in [1.82, 2.24) is 0 Å². The highest BCUT2D eigenvalue weighted by molar-refractivity contribution is 6.67. The lowest BCUT2D eigenvalue weighted by molar-refractivity contribution is -0.348. The summed E-state index contributed by atoms with van der Waals surface area (Å²) in [4.78, 5) is 0. The van der Waals surface area contributed by atoms with Crippen molar-refractivity contribution in [3.05, 3.63) is 34.4 Å². The summed E-state index contributed by atoms with van der Waals surface area (Å²) in [6, 6.07) is 3.15. The van der Waals surface area contributed by atoms with Crippen LogP contribution in [0.5, 0.6) is 0 Å². The molecule has 0 unspecified atom stereocenters. The van der Waals surface area contributed by atoms with Gasteiger partial charge in [0.2, 0.25) is 0 Å². The van der Waals surface area contributed by atoms with E-state index in [2.05, 4.69) is 6.07 Å². The molecule has 0 saturated heterocycles. The zero-order valence-electron chi connectivity index (χ0n) is 12.4. The van der Waals surface area contributed by atoms with Gasteiger partial charge in [-0.3, -0.25) is 0 Å². The van der Waals surface area contributed by atoms with E-state index in [0.717, 1.165) is 0 Å². The Kier molecular flexibility index (Phi) is 5.55. The van der Waals surface area contributed by atoms with Gasteiger partial charge >= 0.3 is 18.0 Å². The standard InChI is InChI=1S/C15H11Cl3F7/c16-12(17,18)7-8-5-9-3-1-2-4-10(9)11(6-8)13(19,14(20,21)22)15(23,24)25/h6H,1-4,7H2. The fraction of sp³-hybridized carbons (Fsp3) is 0.600. The lowest BCUT2D eigenvalue weighted by atomic mass is 9.80. The normalized spacial score (nSPS) is 16.7. The van der Waals surface area contributed by atoms with Gasteiger partial charge in [0, 0.05) is 12.0 Å². The molecule has 0 saturated carbocycles. The van der Waals surface area contributed by atoms with E-state index in [1.54, 1.807) is 0 Å². The van der Waals surface area contributed by atoms with Crippen LogP contribution in [-0.2, 0) is 24.9 Å². The number of fused-ring (bicyclic) bond motifs is 1. The van der Waals surface area contributed by atoms with E-state index in [0.29, 0.717) is 18.9 Å². The summed E-state index contributed by atoms with van der Waals surface area (Å²) in [6.07, 6.45) is -11.9. The molecule has 0 N–H and O–H groups in total. The van der Waals surface area contributed by atoms with Crippen molar-refractivity contribution < 1.29 is 30.7 Å². The van der Waals surface area contributed by atoms with Crippen molar-refractivity contribution in [2.24, 2.45) is 0 Å². The van der Waals surface area contributed by atoms with Crippen LogP contribution in [0.15, 0.2) is 6.07 Å².